The summed E-state index contributed by atoms with van der Waals surface area (Å²) in [7, 11) is 1.36. The van der Waals surface area contributed by atoms with Crippen LogP contribution in [0, 0.1) is 0 Å². The van der Waals surface area contributed by atoms with Crippen LogP contribution in [0.2, 0.25) is 0 Å². The van der Waals surface area contributed by atoms with Crippen molar-refractivity contribution in [2.45, 2.75) is 11.9 Å². The maximum absolute atomic E-state index is 12.2. The number of rotatable bonds is 4. The molecule has 0 N–H and O–H groups in total. The van der Waals surface area contributed by atoms with Crippen LogP contribution in [0.5, 0.6) is 0 Å². The number of amides is 1. The largest absolute Gasteiger partial charge is 0.465 e. The molecule has 5 nitrogen and oxygen atoms in total. The molecule has 6 heteroatoms. The molecule has 1 aliphatic rings. The number of methoxy groups -OCH3 is 1. The van der Waals surface area contributed by atoms with Crippen molar-refractivity contribution in [2.24, 2.45) is 0 Å². The van der Waals surface area contributed by atoms with Gasteiger partial charge in [-0.05, 0) is 35.4 Å². The first-order valence-electron chi connectivity index (χ1n) is 7.17. The molecule has 1 unspecified atom stereocenters. The molecule has 0 spiro atoms. The fourth-order valence-electron chi connectivity index (χ4n) is 2.49. The third-order valence-corrected chi connectivity index (χ3v) is 4.94. The van der Waals surface area contributed by atoms with Gasteiger partial charge in [0, 0.05) is 18.9 Å². The van der Waals surface area contributed by atoms with Gasteiger partial charge in [-0.1, -0.05) is 12.1 Å². The van der Waals surface area contributed by atoms with Crippen LogP contribution in [0.15, 0.2) is 48.8 Å². The Bertz CT molecular complexity index is 704. The average Bonchev–Trinajstić information content (AvgIpc) is 2.96. The van der Waals surface area contributed by atoms with E-state index in [4.69, 9.17) is 4.74 Å². The molecule has 23 heavy (non-hydrogen) atoms. The first-order valence-corrected chi connectivity index (χ1v) is 8.22. The van der Waals surface area contributed by atoms with Gasteiger partial charge in [-0.2, -0.15) is 0 Å². The average molecular weight is 328 g/mol. The van der Waals surface area contributed by atoms with Crippen LogP contribution in [0.3, 0.4) is 0 Å². The third kappa shape index (κ3) is 3.37. The van der Waals surface area contributed by atoms with Crippen molar-refractivity contribution in [2.75, 3.05) is 12.9 Å². The Morgan fingerprint density at radius 1 is 1.26 bits per heavy atom. The molecule has 1 aromatic heterocycles. The molecule has 1 aromatic carbocycles. The summed E-state index contributed by atoms with van der Waals surface area (Å²) in [6.07, 6.45) is 3.45. The van der Waals surface area contributed by atoms with E-state index >= 15 is 0 Å². The lowest BCUT2D eigenvalue weighted by molar-refractivity contribution is -0.128. The Morgan fingerprint density at radius 3 is 2.61 bits per heavy atom. The summed E-state index contributed by atoms with van der Waals surface area (Å²) in [5.41, 5.74) is 2.56. The van der Waals surface area contributed by atoms with Gasteiger partial charge in [-0.25, -0.2) is 4.79 Å². The quantitative estimate of drug-likeness (QED) is 0.808. The number of aromatic nitrogens is 1. The van der Waals surface area contributed by atoms with Crippen LogP contribution in [0.1, 0.15) is 26.9 Å². The Hall–Kier alpha value is -2.34. The number of thioether (sulfide) groups is 1. The van der Waals surface area contributed by atoms with Crippen molar-refractivity contribution in [1.29, 1.82) is 0 Å². The third-order valence-electron chi connectivity index (χ3n) is 3.69. The highest BCUT2D eigenvalue weighted by Gasteiger charge is 2.32. The summed E-state index contributed by atoms with van der Waals surface area (Å²) in [5.74, 6) is 0.225. The Morgan fingerprint density at radius 2 is 1.96 bits per heavy atom. The van der Waals surface area contributed by atoms with Crippen LogP contribution >= 0.6 is 11.8 Å². The van der Waals surface area contributed by atoms with Gasteiger partial charge in [0.2, 0.25) is 5.91 Å². The molecule has 118 valence electrons. The van der Waals surface area contributed by atoms with Crippen LogP contribution in [0.25, 0.3) is 0 Å². The molecule has 1 saturated heterocycles. The highest BCUT2D eigenvalue weighted by molar-refractivity contribution is 8.00. The zero-order chi connectivity index (χ0) is 16.2. The molecule has 0 aliphatic carbocycles. The van der Waals surface area contributed by atoms with Crippen LogP contribution in [0.4, 0.5) is 0 Å². The van der Waals surface area contributed by atoms with Gasteiger partial charge < -0.3 is 9.64 Å². The Balaban J connectivity index is 1.80. The lowest BCUT2D eigenvalue weighted by Crippen LogP contribution is -2.27. The standard InChI is InChI=1S/C17H16N2O3S/c1-22-17(21)14-4-2-13(3-5-14)16-19(15(20)11-23-16)10-12-6-8-18-9-7-12/h2-9,16H,10-11H2,1H3. The van der Waals surface area contributed by atoms with E-state index in [1.165, 1.54) is 7.11 Å². The predicted molar refractivity (Wildman–Crippen MR) is 87.8 cm³/mol. The molecule has 2 aromatic rings. The van der Waals surface area contributed by atoms with Crippen molar-refractivity contribution in [3.8, 4) is 0 Å². The van der Waals surface area contributed by atoms with E-state index in [1.807, 2.05) is 29.2 Å². The molecule has 3 rings (SSSR count). The minimum atomic E-state index is -0.361. The number of hydrogen-bond donors (Lipinski definition) is 0. The molecule has 1 aliphatic heterocycles. The lowest BCUT2D eigenvalue weighted by Gasteiger charge is -2.24. The second kappa shape index (κ2) is 6.83. The molecule has 1 amide bonds. The van der Waals surface area contributed by atoms with E-state index in [1.54, 1.807) is 36.3 Å². The van der Waals surface area contributed by atoms with Crippen molar-refractivity contribution in [3.05, 3.63) is 65.5 Å². The summed E-state index contributed by atoms with van der Waals surface area (Å²) in [4.78, 5) is 29.6. The SMILES string of the molecule is COC(=O)c1ccc(C2SCC(=O)N2Cc2ccncc2)cc1. The second-order valence-electron chi connectivity index (χ2n) is 5.15. The highest BCUT2D eigenvalue weighted by atomic mass is 32.2. The molecule has 0 bridgehead atoms. The van der Waals surface area contributed by atoms with E-state index in [-0.39, 0.29) is 17.3 Å². The Kier molecular flexibility index (Phi) is 4.62. The normalized spacial score (nSPS) is 17.3. The molecular formula is C17H16N2O3S. The summed E-state index contributed by atoms with van der Waals surface area (Å²) < 4.78 is 4.70. The van der Waals surface area contributed by atoms with Crippen LogP contribution < -0.4 is 0 Å². The fraction of sp³-hybridized carbons (Fsp3) is 0.235. The van der Waals surface area contributed by atoms with Gasteiger partial charge in [0.05, 0.1) is 18.4 Å². The highest BCUT2D eigenvalue weighted by Crippen LogP contribution is 2.39. The lowest BCUT2D eigenvalue weighted by atomic mass is 10.1. The number of pyridine rings is 1. The Labute approximate surface area is 138 Å². The summed E-state index contributed by atoms with van der Waals surface area (Å²) >= 11 is 1.60. The minimum Gasteiger partial charge on any atom is -0.465 e. The summed E-state index contributed by atoms with van der Waals surface area (Å²) in [5, 5.41) is -0.0395. The molecule has 0 radical (unpaired) electrons. The number of nitrogens with zero attached hydrogens (tertiary/aromatic N) is 2. The van der Waals surface area contributed by atoms with Gasteiger partial charge in [-0.3, -0.25) is 9.78 Å². The summed E-state index contributed by atoms with van der Waals surface area (Å²) in [6, 6.07) is 11.0. The second-order valence-corrected chi connectivity index (χ2v) is 6.22. The number of benzene rings is 1. The molecule has 0 saturated carbocycles. The fourth-order valence-corrected chi connectivity index (χ4v) is 3.68. The maximum Gasteiger partial charge on any atom is 0.337 e. The zero-order valence-electron chi connectivity index (χ0n) is 12.6. The number of carbonyl (C=O) groups excluding carboxylic acids is 2. The first-order chi connectivity index (χ1) is 11.2. The van der Waals surface area contributed by atoms with Gasteiger partial charge in [0.15, 0.2) is 0 Å². The van der Waals surface area contributed by atoms with Crippen molar-refractivity contribution >= 4 is 23.6 Å². The monoisotopic (exact) mass is 328 g/mol. The number of hydrogen-bond acceptors (Lipinski definition) is 5. The number of esters is 1. The minimum absolute atomic E-state index is 0.0395. The zero-order valence-corrected chi connectivity index (χ0v) is 13.5. The maximum atomic E-state index is 12.2. The van der Waals surface area contributed by atoms with E-state index in [0.717, 1.165) is 11.1 Å². The number of carbonyl (C=O) groups is 2. The van der Waals surface area contributed by atoms with E-state index in [0.29, 0.717) is 17.9 Å². The number of ether oxygens (including phenoxy) is 1. The molecule has 2 heterocycles. The van der Waals surface area contributed by atoms with Gasteiger partial charge >= 0.3 is 5.97 Å². The predicted octanol–water partition coefficient (Wildman–Crippen LogP) is 2.64. The summed E-state index contributed by atoms with van der Waals surface area (Å²) in [6.45, 7) is 0.553. The van der Waals surface area contributed by atoms with E-state index in [2.05, 4.69) is 4.98 Å². The smallest absolute Gasteiger partial charge is 0.337 e. The van der Waals surface area contributed by atoms with Crippen molar-refractivity contribution in [1.82, 2.24) is 9.88 Å². The van der Waals surface area contributed by atoms with Crippen molar-refractivity contribution in [3.63, 3.8) is 0 Å². The van der Waals surface area contributed by atoms with Gasteiger partial charge in [0.25, 0.3) is 0 Å². The van der Waals surface area contributed by atoms with Crippen LogP contribution in [-0.2, 0) is 16.1 Å². The molecule has 1 fully saturated rings. The molecule has 1 atom stereocenters. The molecular weight excluding hydrogens is 312 g/mol. The van der Waals surface area contributed by atoms with E-state index in [9.17, 15) is 9.59 Å². The van der Waals surface area contributed by atoms with E-state index < -0.39 is 0 Å². The van der Waals surface area contributed by atoms with Crippen LogP contribution in [-0.4, -0.2) is 34.6 Å². The first kappa shape index (κ1) is 15.6. The van der Waals surface area contributed by atoms with Gasteiger partial charge in [0.1, 0.15) is 5.37 Å². The van der Waals surface area contributed by atoms with Crippen molar-refractivity contribution < 1.29 is 14.3 Å². The van der Waals surface area contributed by atoms with Gasteiger partial charge in [-0.15, -0.1) is 11.8 Å². The topological polar surface area (TPSA) is 59.5 Å².